The van der Waals surface area contributed by atoms with Crippen LogP contribution in [0.4, 0.5) is 11.4 Å². The second kappa shape index (κ2) is 8.68. The van der Waals surface area contributed by atoms with Crippen LogP contribution in [-0.4, -0.2) is 40.1 Å². The highest BCUT2D eigenvalue weighted by molar-refractivity contribution is 8.03. The van der Waals surface area contributed by atoms with E-state index >= 15 is 0 Å². The molecule has 3 rings (SSSR count). The molecule has 1 aliphatic heterocycles. The zero-order valence-corrected chi connectivity index (χ0v) is 16.2. The smallest absolute Gasteiger partial charge is 0.234 e. The molecule has 2 amide bonds. The molecule has 1 aromatic heterocycles. The van der Waals surface area contributed by atoms with E-state index in [1.807, 2.05) is 24.3 Å². The predicted octanol–water partition coefficient (Wildman–Crippen LogP) is 3.51. The Balaban J connectivity index is 1.49. The number of rotatable bonds is 7. The van der Waals surface area contributed by atoms with Crippen molar-refractivity contribution in [2.24, 2.45) is 0 Å². The molecule has 2 heterocycles. The highest BCUT2D eigenvalue weighted by atomic mass is 32.2. The van der Waals surface area contributed by atoms with Gasteiger partial charge in [0.25, 0.3) is 0 Å². The van der Waals surface area contributed by atoms with E-state index in [4.69, 9.17) is 0 Å². The van der Waals surface area contributed by atoms with Crippen LogP contribution < -0.4 is 10.2 Å². The van der Waals surface area contributed by atoms with E-state index in [1.165, 1.54) is 23.1 Å². The van der Waals surface area contributed by atoms with Crippen molar-refractivity contribution in [1.82, 2.24) is 10.2 Å². The minimum Gasteiger partial charge on any atom is -0.325 e. The second-order valence-corrected chi connectivity index (χ2v) is 9.01. The Bertz CT molecular complexity index is 748. The molecule has 0 aliphatic carbocycles. The normalized spacial score (nSPS) is 14.1. The van der Waals surface area contributed by atoms with Crippen LogP contribution in [0.2, 0.25) is 0 Å². The fourth-order valence-electron chi connectivity index (χ4n) is 2.41. The highest BCUT2D eigenvalue weighted by Gasteiger charge is 2.21. The van der Waals surface area contributed by atoms with Gasteiger partial charge in [-0.05, 0) is 36.4 Å². The maximum atomic E-state index is 12.1. The van der Waals surface area contributed by atoms with Gasteiger partial charge >= 0.3 is 0 Å². The molecule has 0 radical (unpaired) electrons. The van der Waals surface area contributed by atoms with E-state index in [1.54, 1.807) is 16.7 Å². The average molecular weight is 395 g/mol. The highest BCUT2D eigenvalue weighted by Crippen LogP contribution is 2.28. The topological polar surface area (TPSA) is 75.2 Å². The van der Waals surface area contributed by atoms with Gasteiger partial charge in [0.15, 0.2) is 8.68 Å². The first-order valence-corrected chi connectivity index (χ1v) is 10.7. The summed E-state index contributed by atoms with van der Waals surface area (Å²) >= 11 is 4.54. The number of nitrogens with one attached hydrogen (secondary N) is 1. The summed E-state index contributed by atoms with van der Waals surface area (Å²) < 4.78 is 1.73. The molecule has 0 saturated carbocycles. The molecule has 132 valence electrons. The van der Waals surface area contributed by atoms with Gasteiger partial charge in [0.2, 0.25) is 11.8 Å². The van der Waals surface area contributed by atoms with Gasteiger partial charge in [-0.15, -0.1) is 10.2 Å². The summed E-state index contributed by atoms with van der Waals surface area (Å²) in [6, 6.07) is 7.38. The molecule has 0 atom stereocenters. The average Bonchev–Trinajstić information content (AvgIpc) is 3.23. The van der Waals surface area contributed by atoms with Gasteiger partial charge in [-0.1, -0.05) is 41.8 Å². The Morgan fingerprint density at radius 2 is 1.96 bits per heavy atom. The standard InChI is InChI=1S/C16H18N4O2S3/c1-2-23-15-18-19-16(25-15)24-10-13(21)17-11-5-7-12(8-6-11)20-9-3-4-14(20)22/h5-8H,2-4,9-10H2,1H3,(H,17,21). The summed E-state index contributed by atoms with van der Waals surface area (Å²) in [5.74, 6) is 1.32. The van der Waals surface area contributed by atoms with Gasteiger partial charge < -0.3 is 10.2 Å². The Morgan fingerprint density at radius 3 is 2.60 bits per heavy atom. The summed E-state index contributed by atoms with van der Waals surface area (Å²) in [6.45, 7) is 2.83. The largest absolute Gasteiger partial charge is 0.325 e. The van der Waals surface area contributed by atoms with Gasteiger partial charge in [0, 0.05) is 24.3 Å². The van der Waals surface area contributed by atoms with Gasteiger partial charge in [-0.25, -0.2) is 0 Å². The molecule has 0 bridgehead atoms. The maximum Gasteiger partial charge on any atom is 0.234 e. The first-order valence-electron chi connectivity index (χ1n) is 7.95. The van der Waals surface area contributed by atoms with Crippen molar-refractivity contribution < 1.29 is 9.59 Å². The molecule has 2 aromatic rings. The van der Waals surface area contributed by atoms with Gasteiger partial charge in [0.1, 0.15) is 0 Å². The van der Waals surface area contributed by atoms with Crippen molar-refractivity contribution in [3.8, 4) is 0 Å². The summed E-state index contributed by atoms with van der Waals surface area (Å²) in [7, 11) is 0. The lowest BCUT2D eigenvalue weighted by Crippen LogP contribution is -2.23. The predicted molar refractivity (Wildman–Crippen MR) is 104 cm³/mol. The first-order chi connectivity index (χ1) is 12.2. The van der Waals surface area contributed by atoms with E-state index in [0.717, 1.165) is 38.8 Å². The number of aromatic nitrogens is 2. The SMILES string of the molecule is CCSc1nnc(SCC(=O)Nc2ccc(N3CCCC3=O)cc2)s1. The quantitative estimate of drug-likeness (QED) is 0.725. The molecule has 1 aliphatic rings. The Hall–Kier alpha value is -1.58. The van der Waals surface area contributed by atoms with Crippen LogP contribution in [0.25, 0.3) is 0 Å². The molecule has 0 spiro atoms. The molecule has 1 aromatic carbocycles. The van der Waals surface area contributed by atoms with Gasteiger partial charge in [-0.3, -0.25) is 9.59 Å². The van der Waals surface area contributed by atoms with E-state index in [0.29, 0.717) is 6.42 Å². The molecule has 1 saturated heterocycles. The lowest BCUT2D eigenvalue weighted by Gasteiger charge is -2.16. The molecule has 25 heavy (non-hydrogen) atoms. The van der Waals surface area contributed by atoms with E-state index in [9.17, 15) is 9.59 Å². The Morgan fingerprint density at radius 1 is 1.24 bits per heavy atom. The number of hydrogen-bond donors (Lipinski definition) is 1. The van der Waals surface area contributed by atoms with Crippen LogP contribution in [0.3, 0.4) is 0 Å². The van der Waals surface area contributed by atoms with Crippen molar-refractivity contribution in [1.29, 1.82) is 0 Å². The number of thioether (sulfide) groups is 2. The zero-order chi connectivity index (χ0) is 17.6. The number of nitrogens with zero attached hydrogens (tertiary/aromatic N) is 3. The third-order valence-electron chi connectivity index (χ3n) is 3.52. The van der Waals surface area contributed by atoms with Crippen LogP contribution in [0.1, 0.15) is 19.8 Å². The van der Waals surface area contributed by atoms with Gasteiger partial charge in [0.05, 0.1) is 5.75 Å². The lowest BCUT2D eigenvalue weighted by molar-refractivity contribution is -0.117. The fourth-order valence-corrected chi connectivity index (χ4v) is 5.12. The number of carbonyl (C=O) groups excluding carboxylic acids is 2. The lowest BCUT2D eigenvalue weighted by atomic mass is 10.2. The van der Waals surface area contributed by atoms with Crippen molar-refractivity contribution in [3.05, 3.63) is 24.3 Å². The molecule has 1 N–H and O–H groups in total. The summed E-state index contributed by atoms with van der Waals surface area (Å²) in [5.41, 5.74) is 1.60. The monoisotopic (exact) mass is 394 g/mol. The molecular formula is C16H18N4O2S3. The summed E-state index contributed by atoms with van der Waals surface area (Å²) in [6.07, 6.45) is 1.51. The second-order valence-electron chi connectivity index (χ2n) is 5.30. The van der Waals surface area contributed by atoms with E-state index in [-0.39, 0.29) is 17.6 Å². The summed E-state index contributed by atoms with van der Waals surface area (Å²) in [5, 5.41) is 11.0. The Labute approximate surface area is 158 Å². The minimum absolute atomic E-state index is 0.0881. The first kappa shape index (κ1) is 18.2. The van der Waals surface area contributed by atoms with Crippen molar-refractivity contribution in [2.75, 3.05) is 28.3 Å². The Kier molecular flexibility index (Phi) is 6.33. The van der Waals surface area contributed by atoms with E-state index in [2.05, 4.69) is 22.4 Å². The third-order valence-corrected chi connectivity index (χ3v) is 6.59. The number of anilines is 2. The molecular weight excluding hydrogens is 376 g/mol. The van der Waals surface area contributed by atoms with Crippen LogP contribution >= 0.6 is 34.9 Å². The summed E-state index contributed by atoms with van der Waals surface area (Å²) in [4.78, 5) is 25.6. The number of amides is 2. The van der Waals surface area contributed by atoms with Crippen LogP contribution in [-0.2, 0) is 9.59 Å². The minimum atomic E-state index is -0.0881. The van der Waals surface area contributed by atoms with Crippen LogP contribution in [0, 0.1) is 0 Å². The third kappa shape index (κ3) is 4.96. The fraction of sp³-hybridized carbons (Fsp3) is 0.375. The van der Waals surface area contributed by atoms with Crippen molar-refractivity contribution >= 4 is 58.0 Å². The maximum absolute atomic E-state index is 12.1. The van der Waals surface area contributed by atoms with Crippen molar-refractivity contribution in [2.45, 2.75) is 28.4 Å². The van der Waals surface area contributed by atoms with Crippen molar-refractivity contribution in [3.63, 3.8) is 0 Å². The molecule has 0 unspecified atom stereocenters. The van der Waals surface area contributed by atoms with Crippen LogP contribution in [0.15, 0.2) is 32.9 Å². The number of hydrogen-bond acceptors (Lipinski definition) is 7. The molecule has 9 heteroatoms. The van der Waals surface area contributed by atoms with Crippen LogP contribution in [0.5, 0.6) is 0 Å². The van der Waals surface area contributed by atoms with Gasteiger partial charge in [-0.2, -0.15) is 0 Å². The number of carbonyl (C=O) groups is 2. The number of benzene rings is 1. The molecule has 1 fully saturated rings. The molecule has 6 nitrogen and oxygen atoms in total. The zero-order valence-electron chi connectivity index (χ0n) is 13.7. The van der Waals surface area contributed by atoms with E-state index < -0.39 is 0 Å².